The van der Waals surface area contributed by atoms with Gasteiger partial charge in [0.05, 0.1) is 6.33 Å². The van der Waals surface area contributed by atoms with Crippen LogP contribution >= 0.6 is 0 Å². The van der Waals surface area contributed by atoms with Crippen molar-refractivity contribution in [2.24, 2.45) is 0 Å². The molecule has 2 heterocycles. The maximum Gasteiger partial charge on any atom is 0.159 e. The van der Waals surface area contributed by atoms with E-state index in [9.17, 15) is 0 Å². The highest BCUT2D eigenvalue weighted by molar-refractivity contribution is 5.69. The molecule has 0 radical (unpaired) electrons. The highest BCUT2D eigenvalue weighted by Crippen LogP contribution is 2.08. The van der Waals surface area contributed by atoms with Gasteiger partial charge in [0, 0.05) is 19.3 Å². The Balaban J connectivity index is 2.35. The Hall–Kier alpha value is -1.42. The van der Waals surface area contributed by atoms with Gasteiger partial charge in [-0.3, -0.25) is 0 Å². The van der Waals surface area contributed by atoms with E-state index in [0.717, 1.165) is 24.1 Å². The second kappa shape index (κ2) is 3.53. The van der Waals surface area contributed by atoms with E-state index in [1.54, 1.807) is 12.5 Å². The number of aromatic nitrogens is 3. The fourth-order valence-electron chi connectivity index (χ4n) is 1.30. The molecule has 0 saturated heterocycles. The van der Waals surface area contributed by atoms with Crippen LogP contribution in [0, 0.1) is 0 Å². The number of imidazole rings is 1. The van der Waals surface area contributed by atoms with E-state index in [4.69, 9.17) is 5.11 Å². The lowest BCUT2D eigenvalue weighted by atomic mass is 10.4. The summed E-state index contributed by atoms with van der Waals surface area (Å²) in [4.78, 5) is 8.40. The molecule has 4 heteroatoms. The molecule has 68 valence electrons. The number of hydrogen-bond acceptors (Lipinski definition) is 3. The monoisotopic (exact) mass is 177 g/mol. The van der Waals surface area contributed by atoms with E-state index < -0.39 is 0 Å². The average Bonchev–Trinajstić information content (AvgIpc) is 2.58. The van der Waals surface area contributed by atoms with Gasteiger partial charge in [-0.1, -0.05) is 0 Å². The molecular weight excluding hydrogens is 166 g/mol. The SMILES string of the molecule is OCCCn1cnc2cccnc21. The molecule has 0 spiro atoms. The number of nitrogens with zero attached hydrogens (tertiary/aromatic N) is 3. The summed E-state index contributed by atoms with van der Waals surface area (Å²) in [5.74, 6) is 0. The van der Waals surface area contributed by atoms with Crippen molar-refractivity contribution in [2.45, 2.75) is 13.0 Å². The molecule has 0 aromatic carbocycles. The van der Waals surface area contributed by atoms with Crippen LogP contribution in [0.4, 0.5) is 0 Å². The Kier molecular flexibility index (Phi) is 2.23. The summed E-state index contributed by atoms with van der Waals surface area (Å²) in [7, 11) is 0. The first-order chi connectivity index (χ1) is 6.42. The van der Waals surface area contributed by atoms with Gasteiger partial charge in [-0.15, -0.1) is 0 Å². The van der Waals surface area contributed by atoms with Crippen LogP contribution in [0.15, 0.2) is 24.7 Å². The number of aliphatic hydroxyl groups is 1. The van der Waals surface area contributed by atoms with Crippen molar-refractivity contribution in [1.29, 1.82) is 0 Å². The van der Waals surface area contributed by atoms with Gasteiger partial charge < -0.3 is 9.67 Å². The molecule has 0 fully saturated rings. The van der Waals surface area contributed by atoms with Crippen molar-refractivity contribution in [3.05, 3.63) is 24.7 Å². The molecule has 0 unspecified atom stereocenters. The molecule has 0 bridgehead atoms. The molecule has 0 aliphatic rings. The van der Waals surface area contributed by atoms with Gasteiger partial charge in [0.2, 0.25) is 0 Å². The molecule has 0 aliphatic heterocycles. The molecule has 2 aromatic heterocycles. The smallest absolute Gasteiger partial charge is 0.159 e. The summed E-state index contributed by atoms with van der Waals surface area (Å²) < 4.78 is 1.95. The standard InChI is InChI=1S/C9H11N3O/c13-6-2-5-12-7-11-8-3-1-4-10-9(8)12/h1,3-4,7,13H,2,5-6H2. The molecule has 1 N–H and O–H groups in total. The largest absolute Gasteiger partial charge is 0.396 e. The molecule has 2 rings (SSSR count). The van der Waals surface area contributed by atoms with Crippen LogP contribution in [0.2, 0.25) is 0 Å². The van der Waals surface area contributed by atoms with Crippen LogP contribution in [0.1, 0.15) is 6.42 Å². The summed E-state index contributed by atoms with van der Waals surface area (Å²) in [5.41, 5.74) is 1.79. The molecule has 13 heavy (non-hydrogen) atoms. The van der Waals surface area contributed by atoms with E-state index in [-0.39, 0.29) is 6.61 Å². The third-order valence-corrected chi connectivity index (χ3v) is 1.93. The van der Waals surface area contributed by atoms with Crippen molar-refractivity contribution >= 4 is 11.2 Å². The van der Waals surface area contributed by atoms with Crippen LogP contribution in [0.25, 0.3) is 11.2 Å². The van der Waals surface area contributed by atoms with E-state index in [2.05, 4.69) is 9.97 Å². The lowest BCUT2D eigenvalue weighted by Crippen LogP contribution is -1.99. The first-order valence-corrected chi connectivity index (χ1v) is 4.28. The Morgan fingerprint density at radius 1 is 1.38 bits per heavy atom. The number of pyridine rings is 1. The van der Waals surface area contributed by atoms with E-state index in [0.29, 0.717) is 0 Å². The van der Waals surface area contributed by atoms with Gasteiger partial charge >= 0.3 is 0 Å². The molecule has 2 aromatic rings. The highest BCUT2D eigenvalue weighted by Gasteiger charge is 2.00. The first-order valence-electron chi connectivity index (χ1n) is 4.28. The number of fused-ring (bicyclic) bond motifs is 1. The minimum atomic E-state index is 0.201. The minimum Gasteiger partial charge on any atom is -0.396 e. The Morgan fingerprint density at radius 2 is 2.31 bits per heavy atom. The number of aryl methyl sites for hydroxylation is 1. The second-order valence-electron chi connectivity index (χ2n) is 2.86. The average molecular weight is 177 g/mol. The van der Waals surface area contributed by atoms with Crippen molar-refractivity contribution in [3.8, 4) is 0 Å². The van der Waals surface area contributed by atoms with Crippen molar-refractivity contribution in [2.75, 3.05) is 6.61 Å². The van der Waals surface area contributed by atoms with Gasteiger partial charge in [0.15, 0.2) is 5.65 Å². The van der Waals surface area contributed by atoms with Gasteiger partial charge in [0.25, 0.3) is 0 Å². The topological polar surface area (TPSA) is 50.9 Å². The Labute approximate surface area is 75.9 Å². The van der Waals surface area contributed by atoms with Crippen LogP contribution in [0.5, 0.6) is 0 Å². The zero-order valence-electron chi connectivity index (χ0n) is 7.22. The number of rotatable bonds is 3. The number of aliphatic hydroxyl groups excluding tert-OH is 1. The van der Waals surface area contributed by atoms with Gasteiger partial charge in [0.1, 0.15) is 5.52 Å². The maximum absolute atomic E-state index is 8.68. The summed E-state index contributed by atoms with van der Waals surface area (Å²) in [5, 5.41) is 8.68. The summed E-state index contributed by atoms with van der Waals surface area (Å²) in [6.45, 7) is 0.969. The fourth-order valence-corrected chi connectivity index (χ4v) is 1.30. The summed E-state index contributed by atoms with van der Waals surface area (Å²) in [6.07, 6.45) is 4.24. The van der Waals surface area contributed by atoms with Crippen LogP contribution in [0.3, 0.4) is 0 Å². The fraction of sp³-hybridized carbons (Fsp3) is 0.333. The molecule has 4 nitrogen and oxygen atoms in total. The minimum absolute atomic E-state index is 0.201. The zero-order valence-corrected chi connectivity index (χ0v) is 7.22. The normalized spacial score (nSPS) is 10.8. The lowest BCUT2D eigenvalue weighted by molar-refractivity contribution is 0.280. The van der Waals surface area contributed by atoms with Crippen LogP contribution in [-0.2, 0) is 6.54 Å². The first kappa shape index (κ1) is 8.19. The van der Waals surface area contributed by atoms with Gasteiger partial charge in [-0.05, 0) is 18.6 Å². The van der Waals surface area contributed by atoms with E-state index in [1.807, 2.05) is 16.7 Å². The van der Waals surface area contributed by atoms with E-state index in [1.165, 1.54) is 0 Å². The van der Waals surface area contributed by atoms with Gasteiger partial charge in [-0.2, -0.15) is 0 Å². The molecule has 0 saturated carbocycles. The molecule has 0 amide bonds. The lowest BCUT2D eigenvalue weighted by Gasteiger charge is -1.99. The van der Waals surface area contributed by atoms with Crippen LogP contribution in [-0.4, -0.2) is 26.2 Å². The predicted octanol–water partition coefficient (Wildman–Crippen LogP) is 0.814. The van der Waals surface area contributed by atoms with Crippen LogP contribution < -0.4 is 0 Å². The van der Waals surface area contributed by atoms with Crippen molar-refractivity contribution < 1.29 is 5.11 Å². The van der Waals surface area contributed by atoms with Crippen molar-refractivity contribution in [3.63, 3.8) is 0 Å². The zero-order chi connectivity index (χ0) is 9.10. The number of hydrogen-bond donors (Lipinski definition) is 1. The van der Waals surface area contributed by atoms with E-state index >= 15 is 0 Å². The quantitative estimate of drug-likeness (QED) is 0.754. The Bertz CT molecular complexity index is 396. The third kappa shape index (κ3) is 1.53. The molecule has 0 aliphatic carbocycles. The predicted molar refractivity (Wildman–Crippen MR) is 49.2 cm³/mol. The maximum atomic E-state index is 8.68. The highest BCUT2D eigenvalue weighted by atomic mass is 16.3. The second-order valence-corrected chi connectivity index (χ2v) is 2.86. The van der Waals surface area contributed by atoms with Gasteiger partial charge in [-0.25, -0.2) is 9.97 Å². The van der Waals surface area contributed by atoms with Crippen molar-refractivity contribution in [1.82, 2.24) is 14.5 Å². The molecule has 0 atom stereocenters. The Morgan fingerprint density at radius 3 is 3.15 bits per heavy atom. The third-order valence-electron chi connectivity index (χ3n) is 1.93. The molecular formula is C9H11N3O. The summed E-state index contributed by atoms with van der Waals surface area (Å²) >= 11 is 0. The summed E-state index contributed by atoms with van der Waals surface area (Å²) in [6, 6.07) is 3.80.